The van der Waals surface area contributed by atoms with Crippen LogP contribution < -0.4 is 4.90 Å². The molecule has 1 aliphatic heterocycles. The van der Waals surface area contributed by atoms with E-state index in [1.165, 1.54) is 22.5 Å². The second kappa shape index (κ2) is 5.98. The van der Waals surface area contributed by atoms with Gasteiger partial charge in [-0.05, 0) is 29.9 Å². The first-order chi connectivity index (χ1) is 10.2. The molecule has 0 bridgehead atoms. The smallest absolute Gasteiger partial charge is 0.186 e. The summed E-state index contributed by atoms with van der Waals surface area (Å²) in [6.07, 6.45) is 3.04. The summed E-state index contributed by atoms with van der Waals surface area (Å²) in [7, 11) is 0. The number of fused-ring (bicyclic) bond motifs is 1. The number of carbonyl (C=O) groups is 1. The molecular weight excluding hydrogens is 280 g/mol. The number of carbonyl (C=O) groups excluding carboxylic acids is 1. The molecular formula is C17H20N2OS. The molecule has 2 heterocycles. The average Bonchev–Trinajstić information content (AvgIpc) is 2.81. The van der Waals surface area contributed by atoms with Crippen LogP contribution in [0.15, 0.2) is 24.3 Å². The van der Waals surface area contributed by atoms with Gasteiger partial charge in [-0.15, -0.1) is 0 Å². The first-order valence-corrected chi connectivity index (χ1v) is 8.28. The van der Waals surface area contributed by atoms with Gasteiger partial charge >= 0.3 is 0 Å². The van der Waals surface area contributed by atoms with Crippen molar-refractivity contribution in [2.75, 3.05) is 18.0 Å². The van der Waals surface area contributed by atoms with Gasteiger partial charge < -0.3 is 4.90 Å². The number of aldehydes is 1. The maximum Gasteiger partial charge on any atom is 0.186 e. The fraction of sp³-hybridized carbons (Fsp3) is 0.412. The summed E-state index contributed by atoms with van der Waals surface area (Å²) in [5, 5.41) is 0.994. The third-order valence-electron chi connectivity index (χ3n) is 4.01. The van der Waals surface area contributed by atoms with E-state index in [0.717, 1.165) is 47.9 Å². The van der Waals surface area contributed by atoms with Gasteiger partial charge in [0.2, 0.25) is 0 Å². The first-order valence-electron chi connectivity index (χ1n) is 7.46. The summed E-state index contributed by atoms with van der Waals surface area (Å²) in [6, 6.07) is 8.66. The van der Waals surface area contributed by atoms with E-state index in [1.807, 2.05) is 0 Å². The predicted molar refractivity (Wildman–Crippen MR) is 87.7 cm³/mol. The van der Waals surface area contributed by atoms with Crippen LogP contribution in [-0.4, -0.2) is 24.4 Å². The molecule has 1 aliphatic rings. The van der Waals surface area contributed by atoms with Gasteiger partial charge in [-0.3, -0.25) is 4.79 Å². The molecule has 0 saturated heterocycles. The maximum atomic E-state index is 11.2. The molecule has 0 amide bonds. The van der Waals surface area contributed by atoms with Crippen molar-refractivity contribution in [1.29, 1.82) is 0 Å². The van der Waals surface area contributed by atoms with E-state index in [0.29, 0.717) is 5.92 Å². The molecule has 0 unspecified atom stereocenters. The molecule has 2 aromatic rings. The van der Waals surface area contributed by atoms with Gasteiger partial charge in [0.25, 0.3) is 0 Å². The highest BCUT2D eigenvalue weighted by Gasteiger charge is 2.20. The fourth-order valence-electron chi connectivity index (χ4n) is 2.82. The lowest BCUT2D eigenvalue weighted by Gasteiger charge is -2.18. The number of anilines is 1. The Morgan fingerprint density at radius 3 is 2.29 bits per heavy atom. The standard InChI is InChI=1S/C17H20N2OS/c1-12(2)16-15(11-20)21-17(18-16)19-9-7-13-5-3-4-6-14(13)8-10-19/h3-6,11-12H,7-10H2,1-2H3. The zero-order valence-electron chi connectivity index (χ0n) is 12.5. The Hall–Kier alpha value is -1.68. The molecule has 1 aromatic heterocycles. The van der Waals surface area contributed by atoms with Crippen molar-refractivity contribution in [3.63, 3.8) is 0 Å². The predicted octanol–water partition coefficient (Wildman–Crippen LogP) is 3.68. The van der Waals surface area contributed by atoms with E-state index in [4.69, 9.17) is 4.98 Å². The number of hydrogen-bond donors (Lipinski definition) is 0. The Kier molecular flexibility index (Phi) is 4.06. The molecule has 3 nitrogen and oxygen atoms in total. The maximum absolute atomic E-state index is 11.2. The van der Waals surface area contributed by atoms with Gasteiger partial charge in [0.15, 0.2) is 11.4 Å². The molecule has 0 atom stereocenters. The topological polar surface area (TPSA) is 33.2 Å². The van der Waals surface area contributed by atoms with Crippen molar-refractivity contribution >= 4 is 22.8 Å². The van der Waals surface area contributed by atoms with E-state index < -0.39 is 0 Å². The zero-order valence-corrected chi connectivity index (χ0v) is 13.3. The Balaban J connectivity index is 1.84. The molecule has 21 heavy (non-hydrogen) atoms. The Bertz CT molecular complexity index is 621. The van der Waals surface area contributed by atoms with Crippen LogP contribution in [-0.2, 0) is 12.8 Å². The molecule has 0 N–H and O–H groups in total. The summed E-state index contributed by atoms with van der Waals surface area (Å²) >= 11 is 1.53. The first kappa shape index (κ1) is 14.3. The van der Waals surface area contributed by atoms with Crippen LogP contribution in [0.25, 0.3) is 0 Å². The largest absolute Gasteiger partial charge is 0.347 e. The fourth-order valence-corrected chi connectivity index (χ4v) is 3.91. The van der Waals surface area contributed by atoms with Crippen LogP contribution in [0, 0.1) is 0 Å². The Morgan fingerprint density at radius 1 is 1.19 bits per heavy atom. The minimum atomic E-state index is 0.291. The van der Waals surface area contributed by atoms with E-state index in [9.17, 15) is 4.79 Å². The highest BCUT2D eigenvalue weighted by Crippen LogP contribution is 2.30. The van der Waals surface area contributed by atoms with Crippen LogP contribution in [0.1, 0.15) is 46.3 Å². The minimum Gasteiger partial charge on any atom is -0.347 e. The van der Waals surface area contributed by atoms with Crippen LogP contribution >= 0.6 is 11.3 Å². The second-order valence-corrected chi connectivity index (χ2v) is 6.78. The van der Waals surface area contributed by atoms with Crippen molar-refractivity contribution < 1.29 is 4.79 Å². The third kappa shape index (κ3) is 2.86. The summed E-state index contributed by atoms with van der Waals surface area (Å²) < 4.78 is 0. The highest BCUT2D eigenvalue weighted by atomic mass is 32.1. The Labute approximate surface area is 129 Å². The normalized spacial score (nSPS) is 14.9. The molecule has 4 heteroatoms. The molecule has 1 aromatic carbocycles. The molecule has 0 radical (unpaired) electrons. The van der Waals surface area contributed by atoms with Gasteiger partial charge in [0, 0.05) is 13.1 Å². The average molecular weight is 300 g/mol. The van der Waals surface area contributed by atoms with Crippen molar-refractivity contribution in [2.45, 2.75) is 32.6 Å². The van der Waals surface area contributed by atoms with Gasteiger partial charge in [-0.25, -0.2) is 4.98 Å². The van der Waals surface area contributed by atoms with E-state index in [-0.39, 0.29) is 0 Å². The quantitative estimate of drug-likeness (QED) is 0.811. The van der Waals surface area contributed by atoms with Crippen molar-refractivity contribution in [2.24, 2.45) is 0 Å². The monoisotopic (exact) mass is 300 g/mol. The molecule has 0 fully saturated rings. The highest BCUT2D eigenvalue weighted by molar-refractivity contribution is 7.17. The van der Waals surface area contributed by atoms with Crippen molar-refractivity contribution in [3.8, 4) is 0 Å². The summed E-state index contributed by atoms with van der Waals surface area (Å²) in [5.41, 5.74) is 3.82. The number of aromatic nitrogens is 1. The van der Waals surface area contributed by atoms with E-state index in [2.05, 4.69) is 43.0 Å². The van der Waals surface area contributed by atoms with Crippen molar-refractivity contribution in [1.82, 2.24) is 4.98 Å². The van der Waals surface area contributed by atoms with Crippen LogP contribution in [0.2, 0.25) is 0 Å². The molecule has 3 rings (SSSR count). The van der Waals surface area contributed by atoms with Crippen LogP contribution in [0.3, 0.4) is 0 Å². The lowest BCUT2D eigenvalue weighted by molar-refractivity contribution is 0.112. The zero-order chi connectivity index (χ0) is 14.8. The molecule has 0 spiro atoms. The van der Waals surface area contributed by atoms with Gasteiger partial charge in [0.05, 0.1) is 10.6 Å². The number of benzene rings is 1. The van der Waals surface area contributed by atoms with Crippen LogP contribution in [0.5, 0.6) is 0 Å². The molecule has 110 valence electrons. The summed E-state index contributed by atoms with van der Waals surface area (Å²) in [4.78, 5) is 19.1. The van der Waals surface area contributed by atoms with E-state index in [1.54, 1.807) is 0 Å². The van der Waals surface area contributed by atoms with Crippen LogP contribution in [0.4, 0.5) is 5.13 Å². The number of nitrogens with zero attached hydrogens (tertiary/aromatic N) is 2. The third-order valence-corrected chi connectivity index (χ3v) is 5.07. The lowest BCUT2D eigenvalue weighted by Crippen LogP contribution is -2.25. The number of hydrogen-bond acceptors (Lipinski definition) is 4. The Morgan fingerprint density at radius 2 is 1.81 bits per heavy atom. The second-order valence-electron chi connectivity index (χ2n) is 5.77. The summed E-state index contributed by atoms with van der Waals surface area (Å²) in [5.74, 6) is 0.291. The summed E-state index contributed by atoms with van der Waals surface area (Å²) in [6.45, 7) is 6.12. The van der Waals surface area contributed by atoms with E-state index >= 15 is 0 Å². The lowest BCUT2D eigenvalue weighted by atomic mass is 10.0. The molecule has 0 aliphatic carbocycles. The SMILES string of the molecule is CC(C)c1nc(N2CCc3ccccc3CC2)sc1C=O. The van der Waals surface area contributed by atoms with Gasteiger partial charge in [-0.2, -0.15) is 0 Å². The minimum absolute atomic E-state index is 0.291. The van der Waals surface area contributed by atoms with Gasteiger partial charge in [-0.1, -0.05) is 49.4 Å². The number of rotatable bonds is 3. The van der Waals surface area contributed by atoms with Gasteiger partial charge in [0.1, 0.15) is 0 Å². The van der Waals surface area contributed by atoms with Crippen molar-refractivity contribution in [3.05, 3.63) is 46.0 Å². The number of thiazole rings is 1. The molecule has 0 saturated carbocycles.